The smallest absolute Gasteiger partial charge is 0.198 e. The minimum atomic E-state index is -4.04. The molecule has 90 valence electrons. The SMILES string of the molecule is N#CC1(C2CCC(C(F)(F)F)CC2)CCC1. The quantitative estimate of drug-likeness (QED) is 0.667. The van der Waals surface area contributed by atoms with Crippen molar-refractivity contribution in [3.8, 4) is 6.07 Å². The standard InChI is InChI=1S/C12H16F3N/c13-12(14,15)10-4-2-9(3-5-10)11(8-16)6-1-7-11/h9-10H,1-7H2. The van der Waals surface area contributed by atoms with Gasteiger partial charge in [-0.3, -0.25) is 0 Å². The van der Waals surface area contributed by atoms with Crippen LogP contribution in [0.2, 0.25) is 0 Å². The second kappa shape index (κ2) is 3.94. The Balaban J connectivity index is 1.93. The highest BCUT2D eigenvalue weighted by Gasteiger charge is 2.49. The van der Waals surface area contributed by atoms with Gasteiger partial charge in [0, 0.05) is 0 Å². The van der Waals surface area contributed by atoms with Crippen molar-refractivity contribution < 1.29 is 13.2 Å². The molecule has 0 spiro atoms. The number of hydrogen-bond donors (Lipinski definition) is 0. The molecule has 0 aromatic heterocycles. The summed E-state index contributed by atoms with van der Waals surface area (Å²) < 4.78 is 37.4. The van der Waals surface area contributed by atoms with Crippen LogP contribution < -0.4 is 0 Å². The highest BCUT2D eigenvalue weighted by molar-refractivity contribution is 5.09. The third-order valence-corrected chi connectivity index (χ3v) is 4.44. The van der Waals surface area contributed by atoms with Gasteiger partial charge in [0.1, 0.15) is 0 Å². The number of rotatable bonds is 1. The van der Waals surface area contributed by atoms with Gasteiger partial charge in [-0.1, -0.05) is 6.42 Å². The lowest BCUT2D eigenvalue weighted by atomic mass is 9.57. The minimum absolute atomic E-state index is 0.213. The summed E-state index contributed by atoms with van der Waals surface area (Å²) in [4.78, 5) is 0. The minimum Gasteiger partial charge on any atom is -0.198 e. The Hall–Kier alpha value is -0.720. The monoisotopic (exact) mass is 231 g/mol. The van der Waals surface area contributed by atoms with E-state index in [1.165, 1.54) is 0 Å². The highest BCUT2D eigenvalue weighted by Crippen LogP contribution is 2.53. The molecule has 0 atom stereocenters. The Morgan fingerprint density at radius 2 is 1.62 bits per heavy atom. The lowest BCUT2D eigenvalue weighted by Gasteiger charge is -2.45. The summed E-state index contributed by atoms with van der Waals surface area (Å²) in [5.41, 5.74) is -0.267. The Morgan fingerprint density at radius 3 is 1.94 bits per heavy atom. The van der Waals surface area contributed by atoms with Crippen LogP contribution in [0.15, 0.2) is 0 Å². The van der Waals surface area contributed by atoms with Crippen LogP contribution in [-0.2, 0) is 0 Å². The first-order chi connectivity index (χ1) is 7.48. The van der Waals surface area contributed by atoms with Crippen LogP contribution in [0.25, 0.3) is 0 Å². The lowest BCUT2D eigenvalue weighted by molar-refractivity contribution is -0.186. The number of nitrogens with zero attached hydrogens (tertiary/aromatic N) is 1. The van der Waals surface area contributed by atoms with Crippen molar-refractivity contribution in [2.24, 2.45) is 17.3 Å². The number of alkyl halides is 3. The van der Waals surface area contributed by atoms with Crippen LogP contribution >= 0.6 is 0 Å². The molecule has 0 radical (unpaired) electrons. The summed E-state index contributed by atoms with van der Waals surface area (Å²) >= 11 is 0. The van der Waals surface area contributed by atoms with E-state index in [1.54, 1.807) is 0 Å². The topological polar surface area (TPSA) is 23.8 Å². The molecular weight excluding hydrogens is 215 g/mol. The van der Waals surface area contributed by atoms with E-state index in [4.69, 9.17) is 5.26 Å². The van der Waals surface area contributed by atoms with Gasteiger partial charge in [0.05, 0.1) is 17.4 Å². The van der Waals surface area contributed by atoms with Gasteiger partial charge in [0.2, 0.25) is 0 Å². The highest BCUT2D eigenvalue weighted by atomic mass is 19.4. The molecule has 0 unspecified atom stereocenters. The van der Waals surface area contributed by atoms with Crippen molar-refractivity contribution in [1.82, 2.24) is 0 Å². The maximum atomic E-state index is 12.5. The first-order valence-corrected chi connectivity index (χ1v) is 5.96. The van der Waals surface area contributed by atoms with Gasteiger partial charge < -0.3 is 0 Å². The van der Waals surface area contributed by atoms with E-state index < -0.39 is 12.1 Å². The average Bonchev–Trinajstić information content (AvgIpc) is 2.16. The Kier molecular flexibility index (Phi) is 2.90. The molecule has 0 N–H and O–H groups in total. The van der Waals surface area contributed by atoms with Crippen LogP contribution in [-0.4, -0.2) is 6.18 Å². The van der Waals surface area contributed by atoms with Crippen molar-refractivity contribution in [1.29, 1.82) is 5.26 Å². The molecule has 0 aromatic carbocycles. The molecule has 2 fully saturated rings. The number of halogens is 3. The summed E-state index contributed by atoms with van der Waals surface area (Å²) in [6, 6.07) is 2.36. The summed E-state index contributed by atoms with van der Waals surface area (Å²) in [6.07, 6.45) is 0.414. The lowest BCUT2D eigenvalue weighted by Crippen LogP contribution is -2.39. The summed E-state index contributed by atoms with van der Waals surface area (Å²) in [5, 5.41) is 9.14. The van der Waals surface area contributed by atoms with Gasteiger partial charge in [-0.05, 0) is 44.4 Å². The van der Waals surface area contributed by atoms with Gasteiger partial charge in [-0.15, -0.1) is 0 Å². The maximum absolute atomic E-state index is 12.5. The molecule has 2 aliphatic carbocycles. The molecule has 0 aromatic rings. The third-order valence-electron chi connectivity index (χ3n) is 4.44. The number of nitriles is 1. The fourth-order valence-corrected chi connectivity index (χ4v) is 3.14. The van der Waals surface area contributed by atoms with Gasteiger partial charge >= 0.3 is 6.18 Å². The second-order valence-electron chi connectivity index (χ2n) is 5.21. The Bertz CT molecular complexity index is 290. The van der Waals surface area contributed by atoms with Crippen molar-refractivity contribution >= 4 is 0 Å². The Labute approximate surface area is 93.6 Å². The van der Waals surface area contributed by atoms with Gasteiger partial charge in [-0.25, -0.2) is 0 Å². The first kappa shape index (κ1) is 11.8. The molecule has 0 saturated heterocycles. The third kappa shape index (κ3) is 1.92. The molecule has 4 heteroatoms. The molecule has 2 aliphatic rings. The van der Waals surface area contributed by atoms with Crippen LogP contribution in [0.1, 0.15) is 44.9 Å². The molecule has 1 nitrogen and oxygen atoms in total. The fraction of sp³-hybridized carbons (Fsp3) is 0.917. The van der Waals surface area contributed by atoms with Crippen molar-refractivity contribution in [2.75, 3.05) is 0 Å². The predicted molar refractivity (Wildman–Crippen MR) is 53.4 cm³/mol. The van der Waals surface area contributed by atoms with Gasteiger partial charge in [0.25, 0.3) is 0 Å². The second-order valence-corrected chi connectivity index (χ2v) is 5.21. The molecule has 0 heterocycles. The molecule has 0 bridgehead atoms. The number of hydrogen-bond acceptors (Lipinski definition) is 1. The van der Waals surface area contributed by atoms with Crippen LogP contribution in [0.4, 0.5) is 13.2 Å². The predicted octanol–water partition coefficient (Wildman–Crippen LogP) is 4.05. The van der Waals surface area contributed by atoms with Crippen molar-refractivity contribution in [3.63, 3.8) is 0 Å². The zero-order valence-electron chi connectivity index (χ0n) is 9.19. The summed E-state index contributed by atoms with van der Waals surface area (Å²) in [6.45, 7) is 0. The molecule has 16 heavy (non-hydrogen) atoms. The molecule has 0 aliphatic heterocycles. The molecule has 2 saturated carbocycles. The first-order valence-electron chi connectivity index (χ1n) is 5.96. The fourth-order valence-electron chi connectivity index (χ4n) is 3.14. The van der Waals surface area contributed by atoms with Crippen LogP contribution in [0, 0.1) is 28.6 Å². The van der Waals surface area contributed by atoms with Gasteiger partial charge in [0.15, 0.2) is 0 Å². The summed E-state index contributed by atoms with van der Waals surface area (Å²) in [7, 11) is 0. The zero-order valence-corrected chi connectivity index (χ0v) is 9.19. The average molecular weight is 231 g/mol. The van der Waals surface area contributed by atoms with Crippen LogP contribution in [0.5, 0.6) is 0 Å². The van der Waals surface area contributed by atoms with E-state index >= 15 is 0 Å². The van der Waals surface area contributed by atoms with E-state index in [2.05, 4.69) is 6.07 Å². The molecule has 2 rings (SSSR count). The van der Waals surface area contributed by atoms with Crippen molar-refractivity contribution in [2.45, 2.75) is 51.1 Å². The van der Waals surface area contributed by atoms with E-state index in [0.717, 1.165) is 19.3 Å². The van der Waals surface area contributed by atoms with Gasteiger partial charge in [-0.2, -0.15) is 18.4 Å². The van der Waals surface area contributed by atoms with Crippen LogP contribution in [0.3, 0.4) is 0 Å². The van der Waals surface area contributed by atoms with E-state index in [-0.39, 0.29) is 24.2 Å². The molecular formula is C12H16F3N. The van der Waals surface area contributed by atoms with Crippen molar-refractivity contribution in [3.05, 3.63) is 0 Å². The summed E-state index contributed by atoms with van der Waals surface area (Å²) in [5.74, 6) is -0.913. The largest absolute Gasteiger partial charge is 0.391 e. The van der Waals surface area contributed by atoms with E-state index in [0.29, 0.717) is 12.8 Å². The van der Waals surface area contributed by atoms with E-state index in [9.17, 15) is 13.2 Å². The maximum Gasteiger partial charge on any atom is 0.391 e. The molecule has 0 amide bonds. The van der Waals surface area contributed by atoms with E-state index in [1.807, 2.05) is 0 Å². The Morgan fingerprint density at radius 1 is 1.06 bits per heavy atom. The zero-order chi connectivity index (χ0) is 11.8. The normalized spacial score (nSPS) is 33.9.